The number of nitrogens with one attached hydrogen (secondary N) is 3. The van der Waals surface area contributed by atoms with Crippen LogP contribution in [0.25, 0.3) is 44.3 Å². The molecular formula is C39H43N7O5. The molecule has 0 bridgehead atoms. The number of rotatable bonds is 7. The number of likely N-dealkylation sites (tertiary alicyclic amines) is 1. The fourth-order valence-corrected chi connectivity index (χ4v) is 8.12. The Morgan fingerprint density at radius 3 is 1.98 bits per heavy atom. The maximum absolute atomic E-state index is 13.4. The molecule has 2 aromatic heterocycles. The summed E-state index contributed by atoms with van der Waals surface area (Å²) in [5.41, 5.74) is 7.75. The summed E-state index contributed by atoms with van der Waals surface area (Å²) in [5.74, 6) is 1.07. The predicted octanol–water partition coefficient (Wildman–Crippen LogP) is 6.00. The van der Waals surface area contributed by atoms with Crippen molar-refractivity contribution in [2.45, 2.75) is 82.6 Å². The zero-order chi connectivity index (χ0) is 35.4. The van der Waals surface area contributed by atoms with Crippen LogP contribution in [0.4, 0.5) is 4.79 Å². The van der Waals surface area contributed by atoms with Gasteiger partial charge in [0.15, 0.2) is 0 Å². The topological polar surface area (TPSA) is 157 Å². The van der Waals surface area contributed by atoms with Crippen LogP contribution in [0.15, 0.2) is 60.7 Å². The first-order valence-electron chi connectivity index (χ1n) is 17.9. The van der Waals surface area contributed by atoms with E-state index >= 15 is 0 Å². The van der Waals surface area contributed by atoms with Gasteiger partial charge in [-0.3, -0.25) is 9.59 Å². The van der Waals surface area contributed by atoms with Crippen LogP contribution in [0.2, 0.25) is 0 Å². The molecule has 3 fully saturated rings. The highest BCUT2D eigenvalue weighted by Crippen LogP contribution is 2.41. The molecule has 5 atom stereocenters. The van der Waals surface area contributed by atoms with Gasteiger partial charge in [0.05, 0.1) is 41.3 Å². The number of alkyl carbamates (subject to hydrolysis) is 1. The SMILES string of the molecule is COC(=O)N[C@H]1CC[C@H]2CC[C@@H](c3nc4ccc(-c5ccc(-c6ccc7nc([C@@H]8CCCN8C(=O)[C@H](O)C(C)C)[nH]c7c6)cc5)cc4[nH]3)N2C1=O. The number of amides is 3. The number of piperidine rings is 1. The van der Waals surface area contributed by atoms with E-state index in [4.69, 9.17) is 14.7 Å². The Balaban J connectivity index is 0.990. The Labute approximate surface area is 295 Å². The largest absolute Gasteiger partial charge is 0.453 e. The van der Waals surface area contributed by atoms with Crippen LogP contribution in [-0.2, 0) is 14.3 Å². The molecular weight excluding hydrogens is 646 g/mol. The molecule has 4 N–H and O–H groups in total. The van der Waals surface area contributed by atoms with E-state index < -0.39 is 18.2 Å². The summed E-state index contributed by atoms with van der Waals surface area (Å²) in [4.78, 5) is 58.6. The van der Waals surface area contributed by atoms with Gasteiger partial charge in [-0.25, -0.2) is 14.8 Å². The van der Waals surface area contributed by atoms with Gasteiger partial charge in [-0.2, -0.15) is 0 Å². The molecule has 3 aromatic carbocycles. The number of methoxy groups -OCH3 is 1. The van der Waals surface area contributed by atoms with Crippen molar-refractivity contribution >= 4 is 40.0 Å². The summed E-state index contributed by atoms with van der Waals surface area (Å²) in [6.07, 6.45) is 3.26. The van der Waals surface area contributed by atoms with Crippen LogP contribution in [0.3, 0.4) is 0 Å². The van der Waals surface area contributed by atoms with Crippen molar-refractivity contribution in [1.82, 2.24) is 35.1 Å². The number of benzene rings is 3. The fraction of sp³-hybridized carbons (Fsp3) is 0.410. The third kappa shape index (κ3) is 6.01. The Kier molecular flexibility index (Phi) is 8.49. The number of aliphatic hydroxyl groups is 1. The first-order chi connectivity index (χ1) is 24.7. The van der Waals surface area contributed by atoms with Crippen molar-refractivity contribution in [3.05, 3.63) is 72.3 Å². The van der Waals surface area contributed by atoms with Crippen molar-refractivity contribution in [3.8, 4) is 22.3 Å². The molecule has 3 saturated heterocycles. The minimum atomic E-state index is -1.01. The number of ether oxygens (including phenoxy) is 1. The summed E-state index contributed by atoms with van der Waals surface area (Å²) >= 11 is 0. The third-order valence-corrected chi connectivity index (χ3v) is 10.9. The van der Waals surface area contributed by atoms with Gasteiger partial charge in [-0.05, 0) is 91.0 Å². The van der Waals surface area contributed by atoms with Crippen molar-refractivity contribution in [3.63, 3.8) is 0 Å². The van der Waals surface area contributed by atoms with E-state index in [1.165, 1.54) is 7.11 Å². The second-order valence-corrected chi connectivity index (χ2v) is 14.4. The molecule has 5 aromatic rings. The van der Waals surface area contributed by atoms with E-state index in [0.717, 1.165) is 88.1 Å². The second-order valence-electron chi connectivity index (χ2n) is 14.4. The van der Waals surface area contributed by atoms with Gasteiger partial charge in [0.25, 0.3) is 5.91 Å². The number of fused-ring (bicyclic) bond motifs is 3. The van der Waals surface area contributed by atoms with E-state index in [2.05, 4.69) is 63.8 Å². The average molecular weight is 690 g/mol. The highest BCUT2D eigenvalue weighted by molar-refractivity contribution is 5.88. The van der Waals surface area contributed by atoms with E-state index in [9.17, 15) is 19.5 Å². The monoisotopic (exact) mass is 689 g/mol. The summed E-state index contributed by atoms with van der Waals surface area (Å²) in [6, 6.07) is 20.0. The lowest BCUT2D eigenvalue weighted by atomic mass is 9.98. The molecule has 0 radical (unpaired) electrons. The number of carbonyl (C=O) groups is 3. The standard InChI is InChI=1S/C39H43N7O5/c1-21(2)34(47)38(49)45-18-4-5-32(45)35-40-27-14-10-24(19-30(27)42-35)22-6-8-23(9-7-22)25-11-15-28-31(20-25)43-36(41-28)33-17-13-26-12-16-29(37(48)46(26)33)44-39(50)51-3/h6-11,14-15,19-21,26,29,32-34,47H,4-5,12-13,16-18H2,1-3H3,(H,40,42)(H,41,43)(H,44,50)/t26-,29-,32-,33-,34+/m0/s1. The van der Waals surface area contributed by atoms with E-state index in [0.29, 0.717) is 13.0 Å². The Morgan fingerprint density at radius 2 is 1.39 bits per heavy atom. The maximum Gasteiger partial charge on any atom is 0.407 e. The predicted molar refractivity (Wildman–Crippen MR) is 192 cm³/mol. The van der Waals surface area contributed by atoms with Gasteiger partial charge in [-0.15, -0.1) is 0 Å². The lowest BCUT2D eigenvalue weighted by Crippen LogP contribution is -2.54. The van der Waals surface area contributed by atoms with Crippen LogP contribution in [-0.4, -0.2) is 84.6 Å². The number of nitrogens with zero attached hydrogens (tertiary/aromatic N) is 4. The zero-order valence-corrected chi connectivity index (χ0v) is 29.1. The fourth-order valence-electron chi connectivity index (χ4n) is 8.12. The van der Waals surface area contributed by atoms with Crippen LogP contribution >= 0.6 is 0 Å². The first-order valence-corrected chi connectivity index (χ1v) is 17.9. The molecule has 3 amide bonds. The minimum Gasteiger partial charge on any atom is -0.453 e. The highest BCUT2D eigenvalue weighted by Gasteiger charge is 2.45. The van der Waals surface area contributed by atoms with Gasteiger partial charge in [0, 0.05) is 12.6 Å². The average Bonchev–Trinajstić information content (AvgIpc) is 3.96. The molecule has 8 rings (SSSR count). The molecule has 12 nitrogen and oxygen atoms in total. The van der Waals surface area contributed by atoms with E-state index in [1.54, 1.807) is 4.90 Å². The molecule has 0 unspecified atom stereocenters. The van der Waals surface area contributed by atoms with Crippen LogP contribution in [0, 0.1) is 5.92 Å². The normalized spacial score (nSPS) is 22.6. The molecule has 0 spiro atoms. The van der Waals surface area contributed by atoms with Crippen LogP contribution < -0.4 is 5.32 Å². The number of imidazole rings is 2. The smallest absolute Gasteiger partial charge is 0.407 e. The molecule has 264 valence electrons. The van der Waals surface area contributed by atoms with Gasteiger partial charge >= 0.3 is 6.09 Å². The maximum atomic E-state index is 13.4. The number of H-pyrrole nitrogens is 2. The second kappa shape index (κ2) is 13.1. The van der Waals surface area contributed by atoms with Crippen molar-refractivity contribution in [1.29, 1.82) is 0 Å². The number of carbonyl (C=O) groups excluding carboxylic acids is 3. The summed E-state index contributed by atoms with van der Waals surface area (Å²) in [7, 11) is 1.30. The number of aromatic nitrogens is 4. The third-order valence-electron chi connectivity index (χ3n) is 10.9. The zero-order valence-electron chi connectivity index (χ0n) is 29.1. The Bertz CT molecular complexity index is 2120. The molecule has 0 aliphatic carbocycles. The molecule has 5 heterocycles. The number of hydrogen-bond donors (Lipinski definition) is 4. The first kappa shape index (κ1) is 32.9. The van der Waals surface area contributed by atoms with Gasteiger partial charge in [0.1, 0.15) is 23.8 Å². The van der Waals surface area contributed by atoms with Crippen LogP contribution in [0.1, 0.15) is 76.1 Å². The van der Waals surface area contributed by atoms with Crippen molar-refractivity contribution < 1.29 is 24.2 Å². The quantitative estimate of drug-likeness (QED) is 0.163. The van der Waals surface area contributed by atoms with E-state index in [-0.39, 0.29) is 35.9 Å². The van der Waals surface area contributed by atoms with Crippen molar-refractivity contribution in [2.24, 2.45) is 5.92 Å². The van der Waals surface area contributed by atoms with Gasteiger partial charge in [-0.1, -0.05) is 50.2 Å². The molecule has 3 aliphatic heterocycles. The Morgan fingerprint density at radius 1 is 0.824 bits per heavy atom. The molecule has 51 heavy (non-hydrogen) atoms. The lowest BCUT2D eigenvalue weighted by Gasteiger charge is -2.37. The van der Waals surface area contributed by atoms with Gasteiger partial charge in [0.2, 0.25) is 5.91 Å². The molecule has 3 aliphatic rings. The number of hydrogen-bond acceptors (Lipinski definition) is 7. The van der Waals surface area contributed by atoms with Crippen molar-refractivity contribution in [2.75, 3.05) is 13.7 Å². The number of aliphatic hydroxyl groups excluding tert-OH is 1. The minimum absolute atomic E-state index is 0.0812. The Hall–Kier alpha value is -5.23. The van der Waals surface area contributed by atoms with Gasteiger partial charge < -0.3 is 34.9 Å². The summed E-state index contributed by atoms with van der Waals surface area (Å²) in [5, 5.41) is 13.1. The summed E-state index contributed by atoms with van der Waals surface area (Å²) < 4.78 is 4.73. The highest BCUT2D eigenvalue weighted by atomic mass is 16.5. The summed E-state index contributed by atoms with van der Waals surface area (Å²) in [6.45, 7) is 4.33. The molecule has 12 heteroatoms. The number of aromatic amines is 2. The van der Waals surface area contributed by atoms with E-state index in [1.807, 2.05) is 30.9 Å². The molecule has 0 saturated carbocycles. The van der Waals surface area contributed by atoms with Crippen LogP contribution in [0.5, 0.6) is 0 Å². The lowest BCUT2D eigenvalue weighted by molar-refractivity contribution is -0.143.